The maximum atomic E-state index is 15.1. The van der Waals surface area contributed by atoms with E-state index in [0.717, 1.165) is 11.0 Å². The molecule has 0 amide bonds. The predicted octanol–water partition coefficient (Wildman–Crippen LogP) is 12.6. The Hall–Kier alpha value is -9.31. The summed E-state index contributed by atoms with van der Waals surface area (Å²) >= 11 is 5.90. The zero-order valence-corrected chi connectivity index (χ0v) is 50.7. The van der Waals surface area contributed by atoms with Crippen LogP contribution in [0.3, 0.4) is 0 Å². The molecule has 2 aliphatic carbocycles. The summed E-state index contributed by atoms with van der Waals surface area (Å²) < 4.78 is 83.1. The van der Waals surface area contributed by atoms with Crippen molar-refractivity contribution in [2.45, 2.75) is 90.3 Å². The van der Waals surface area contributed by atoms with Crippen molar-refractivity contribution in [2.75, 3.05) is 0 Å². The predicted molar refractivity (Wildman–Crippen MR) is 329 cm³/mol. The molecule has 22 heteroatoms. The van der Waals surface area contributed by atoms with Gasteiger partial charge in [-0.15, -0.1) is 0 Å². The minimum atomic E-state index is -1.04. The van der Waals surface area contributed by atoms with Gasteiger partial charge in [0.2, 0.25) is 0 Å². The van der Waals surface area contributed by atoms with Gasteiger partial charge < -0.3 is 18.8 Å². The molecule has 3 aliphatic rings. The van der Waals surface area contributed by atoms with Gasteiger partial charge in [-0.2, -0.15) is 10.2 Å². The average molecular weight is 1240 g/mol. The second kappa shape index (κ2) is 25.3. The summed E-state index contributed by atoms with van der Waals surface area (Å²) in [6, 6.07) is 26.6. The van der Waals surface area contributed by atoms with Crippen LogP contribution in [0.25, 0.3) is 33.1 Å². The van der Waals surface area contributed by atoms with Crippen LogP contribution in [0.1, 0.15) is 75.6 Å². The molecule has 0 atom stereocenters. The maximum absolute atomic E-state index is 15.1. The third-order valence-corrected chi connectivity index (χ3v) is 17.0. The highest BCUT2D eigenvalue weighted by molar-refractivity contribution is 6.62. The van der Waals surface area contributed by atoms with Gasteiger partial charge in [0, 0.05) is 100 Å². The zero-order chi connectivity index (χ0) is 63.7. The van der Waals surface area contributed by atoms with E-state index in [2.05, 4.69) is 30.1 Å². The number of halogens is 5. The van der Waals surface area contributed by atoms with E-state index in [1.165, 1.54) is 60.9 Å². The van der Waals surface area contributed by atoms with E-state index in [9.17, 15) is 32.3 Å². The Morgan fingerprint density at radius 3 is 1.36 bits per heavy atom. The molecule has 10 aromatic rings. The fraction of sp³-hybridized carbons (Fsp3) is 0.265. The molecule has 3 fully saturated rings. The van der Waals surface area contributed by atoms with Crippen LogP contribution in [-0.4, -0.2) is 81.0 Å². The lowest BCUT2D eigenvalue weighted by Crippen LogP contribution is -2.41. The molecule has 90 heavy (non-hydrogen) atoms. The number of aryl methyl sites for hydroxylation is 2. The van der Waals surface area contributed by atoms with Crippen molar-refractivity contribution in [3.05, 3.63) is 209 Å². The first-order chi connectivity index (χ1) is 43.0. The smallest absolute Gasteiger partial charge is 0.453 e. The van der Waals surface area contributed by atoms with Crippen molar-refractivity contribution in [3.63, 3.8) is 0 Å². The van der Waals surface area contributed by atoms with E-state index < -0.39 is 22.5 Å². The van der Waals surface area contributed by atoms with E-state index in [1.807, 2.05) is 60.3 Å². The lowest BCUT2D eigenvalue weighted by atomic mass is 9.82. The van der Waals surface area contributed by atoms with Crippen LogP contribution in [0.5, 0.6) is 23.0 Å². The molecule has 0 spiro atoms. The standard InChI is InChI=1S/C31H24F2N4O3.C27H19ClF2N2O3.C10H17BN2O2/c1-37-18-21(16-36-37)25-15-26-23(17-35-25)27(8-11-34-26)40-28-7-4-20(12-24(28)33)14-30(39)31(9-10-31)29(38)13-19-2-5-22(32)6-3-19;28-26-14-21-19(15-32-26)22(7-10-31-21)35-23-6-3-17(11-20(23)30)13-25(34)27(8-9-27)24(33)12-16-1-4-18(29)5-2-16;1-9(2)10(3,4)15-11(14-9)8-6-12-13(5)7-8/h2-8,11-12,15-18H,9-10,13-14H2,1H3;1-7,10-11,14-15H,8-9,12-13H2;6-7H,1-5H3. The van der Waals surface area contributed by atoms with E-state index >= 15 is 4.39 Å². The van der Waals surface area contributed by atoms with Gasteiger partial charge in [-0.25, -0.2) is 22.5 Å². The molecule has 2 saturated carbocycles. The van der Waals surface area contributed by atoms with Crippen LogP contribution in [0, 0.1) is 34.1 Å². The van der Waals surface area contributed by atoms with Crippen molar-refractivity contribution >= 4 is 69.1 Å². The quantitative estimate of drug-likeness (QED) is 0.0341. The van der Waals surface area contributed by atoms with Crippen molar-refractivity contribution in [1.29, 1.82) is 0 Å². The summed E-state index contributed by atoms with van der Waals surface area (Å²) in [4.78, 5) is 69.0. The molecule has 1 saturated heterocycles. The number of pyridine rings is 4. The second-order valence-electron chi connectivity index (χ2n) is 23.7. The number of ketones is 4. The molecule has 458 valence electrons. The molecule has 7 heterocycles. The van der Waals surface area contributed by atoms with E-state index in [-0.39, 0.29) is 95.4 Å². The normalized spacial score (nSPS) is 15.5. The van der Waals surface area contributed by atoms with Gasteiger partial charge in [-0.05, 0) is 142 Å². The molecule has 6 aromatic heterocycles. The molecular formula is C68H60BClF4N8O8. The lowest BCUT2D eigenvalue weighted by molar-refractivity contribution is -0.135. The van der Waals surface area contributed by atoms with Gasteiger partial charge >= 0.3 is 7.12 Å². The molecule has 16 nitrogen and oxygen atoms in total. The Balaban J connectivity index is 0.000000152. The van der Waals surface area contributed by atoms with Gasteiger partial charge in [0.15, 0.2) is 46.3 Å². The number of aromatic nitrogens is 8. The highest BCUT2D eigenvalue weighted by Gasteiger charge is 2.56. The zero-order valence-electron chi connectivity index (χ0n) is 50.0. The number of hydrogen-bond donors (Lipinski definition) is 0. The SMILES string of the molecule is Cn1cc(-c2cc3nccc(Oc4ccc(CC(=O)C5(C(=O)Cc6ccc(F)cc6)CC5)cc4F)c3cn2)cn1.Cn1cc(B2OC(C)(C)C(C)(C)O2)cn1.O=C(Cc1ccc(F)cc1)C1(C(=O)Cc2ccc(Oc3ccnc4cc(Cl)ncc34)c(F)c2)CC1. The van der Waals surface area contributed by atoms with Crippen molar-refractivity contribution in [2.24, 2.45) is 24.9 Å². The summed E-state index contributed by atoms with van der Waals surface area (Å²) in [5, 5.41) is 9.75. The van der Waals surface area contributed by atoms with E-state index in [1.54, 1.807) is 88.7 Å². The van der Waals surface area contributed by atoms with Crippen LogP contribution >= 0.6 is 11.6 Å². The molecule has 0 radical (unpaired) electrons. The van der Waals surface area contributed by atoms with Gasteiger partial charge in [-0.3, -0.25) is 43.5 Å². The van der Waals surface area contributed by atoms with Gasteiger partial charge in [0.1, 0.15) is 28.3 Å². The fourth-order valence-corrected chi connectivity index (χ4v) is 10.6. The average Bonchev–Trinajstić information content (AvgIpc) is 1.60. The van der Waals surface area contributed by atoms with Crippen LogP contribution in [-0.2, 0) is 68.3 Å². The number of benzene rings is 4. The third-order valence-electron chi connectivity index (χ3n) is 16.7. The number of ether oxygens (including phenoxy) is 2. The van der Waals surface area contributed by atoms with Crippen LogP contribution in [0.2, 0.25) is 5.15 Å². The maximum Gasteiger partial charge on any atom is 0.498 e. The summed E-state index contributed by atoms with van der Waals surface area (Å²) in [6.07, 6.45) is 15.4. The monoisotopic (exact) mass is 1240 g/mol. The molecular weight excluding hydrogens is 1180 g/mol. The number of carbonyl (C=O) groups excluding carboxylic acids is 4. The first kappa shape index (κ1) is 62.3. The molecule has 4 aromatic carbocycles. The minimum absolute atomic E-state index is 0.00597. The summed E-state index contributed by atoms with van der Waals surface area (Å²) in [5.74, 6) is -2.14. The number of rotatable bonds is 18. The lowest BCUT2D eigenvalue weighted by Gasteiger charge is -2.32. The van der Waals surface area contributed by atoms with E-state index in [0.29, 0.717) is 86.9 Å². The Kier molecular flexibility index (Phi) is 17.5. The Morgan fingerprint density at radius 1 is 0.511 bits per heavy atom. The Morgan fingerprint density at radius 2 is 0.933 bits per heavy atom. The first-order valence-corrected chi connectivity index (χ1v) is 29.4. The van der Waals surface area contributed by atoms with Crippen molar-refractivity contribution < 1.29 is 55.5 Å². The summed E-state index contributed by atoms with van der Waals surface area (Å²) in [7, 11) is 3.41. The largest absolute Gasteiger partial charge is 0.498 e. The molecule has 1 aliphatic heterocycles. The van der Waals surface area contributed by atoms with Crippen LogP contribution in [0.15, 0.2) is 159 Å². The molecule has 0 bridgehead atoms. The fourth-order valence-electron chi connectivity index (χ4n) is 10.4. The third kappa shape index (κ3) is 13.8. The summed E-state index contributed by atoms with van der Waals surface area (Å²) in [6.45, 7) is 8.18. The number of hydrogen-bond acceptors (Lipinski definition) is 14. The van der Waals surface area contributed by atoms with Gasteiger partial charge in [0.25, 0.3) is 0 Å². The van der Waals surface area contributed by atoms with Crippen LogP contribution in [0.4, 0.5) is 17.6 Å². The number of fused-ring (bicyclic) bond motifs is 2. The number of Topliss-reactive ketones (excluding diaryl/α,β-unsaturated/α-hetero) is 4. The highest BCUT2D eigenvalue weighted by atomic mass is 35.5. The van der Waals surface area contributed by atoms with E-state index in [4.69, 9.17) is 30.4 Å². The topological polar surface area (TPSA) is 192 Å². The highest BCUT2D eigenvalue weighted by Crippen LogP contribution is 2.50. The Labute approximate surface area is 520 Å². The summed E-state index contributed by atoms with van der Waals surface area (Å²) in [5.41, 5.74) is 3.29. The second-order valence-corrected chi connectivity index (χ2v) is 24.1. The van der Waals surface area contributed by atoms with Gasteiger partial charge in [-0.1, -0.05) is 48.0 Å². The van der Waals surface area contributed by atoms with Crippen molar-refractivity contribution in [3.8, 4) is 34.3 Å². The number of carbonyl (C=O) groups is 4. The molecule has 0 N–H and O–H groups in total. The number of nitrogens with zero attached hydrogens (tertiary/aromatic N) is 8. The van der Waals surface area contributed by atoms with Gasteiger partial charge in [0.05, 0.1) is 55.7 Å². The van der Waals surface area contributed by atoms with Crippen LogP contribution < -0.4 is 14.9 Å². The minimum Gasteiger partial charge on any atom is -0.453 e. The Bertz CT molecular complexity index is 4370. The molecule has 0 unspecified atom stereocenters. The van der Waals surface area contributed by atoms with Crippen molar-refractivity contribution in [1.82, 2.24) is 39.5 Å². The first-order valence-electron chi connectivity index (χ1n) is 29.0. The molecule has 13 rings (SSSR count).